The second-order valence-corrected chi connectivity index (χ2v) is 7.37. The Balaban J connectivity index is 1.40. The zero-order valence-corrected chi connectivity index (χ0v) is 16.6. The number of nitrogens with two attached hydrogens (primary N) is 1. The lowest BCUT2D eigenvalue weighted by Crippen LogP contribution is -2.14. The molecule has 29 heavy (non-hydrogen) atoms. The molecular weight excluding hydrogens is 391 g/mol. The van der Waals surface area contributed by atoms with Crippen LogP contribution >= 0.6 is 11.8 Å². The number of rotatable bonds is 7. The summed E-state index contributed by atoms with van der Waals surface area (Å²) in [6, 6.07) is 14.3. The molecule has 0 saturated carbocycles. The number of hydrogen-bond donors (Lipinski definition) is 1. The van der Waals surface area contributed by atoms with Crippen LogP contribution < -0.4 is 5.84 Å². The largest absolute Gasteiger partial charge is 0.338 e. The summed E-state index contributed by atoms with van der Waals surface area (Å²) in [6.07, 6.45) is 1.44. The van der Waals surface area contributed by atoms with E-state index in [0.717, 1.165) is 17.5 Å². The van der Waals surface area contributed by atoms with Crippen molar-refractivity contribution in [2.75, 3.05) is 5.84 Å². The van der Waals surface area contributed by atoms with E-state index in [9.17, 15) is 4.39 Å². The van der Waals surface area contributed by atoms with Gasteiger partial charge in [-0.3, -0.25) is 0 Å². The minimum atomic E-state index is -0.278. The van der Waals surface area contributed by atoms with Crippen molar-refractivity contribution >= 4 is 11.8 Å². The fourth-order valence-electron chi connectivity index (χ4n) is 2.76. The topological polar surface area (TPSA) is 95.7 Å². The Bertz CT molecular complexity index is 1090. The molecule has 0 bridgehead atoms. The van der Waals surface area contributed by atoms with Gasteiger partial charge in [0.1, 0.15) is 5.82 Å². The minimum absolute atomic E-state index is 0.278. The number of benzene rings is 2. The van der Waals surface area contributed by atoms with Gasteiger partial charge in [0.15, 0.2) is 5.82 Å². The molecule has 2 aromatic carbocycles. The van der Waals surface area contributed by atoms with Gasteiger partial charge in [0.05, 0.1) is 5.75 Å². The van der Waals surface area contributed by atoms with E-state index in [1.807, 2.05) is 12.1 Å². The van der Waals surface area contributed by atoms with Crippen molar-refractivity contribution in [3.63, 3.8) is 0 Å². The summed E-state index contributed by atoms with van der Waals surface area (Å²) in [5, 5.41) is 12.8. The molecule has 0 amide bonds. The third-order valence-electron chi connectivity index (χ3n) is 4.42. The standard InChI is InChI=1S/C20H19FN6OS/c1-2-13-3-7-15(8-4-13)19-23-18(28-26-19)12-29-20-25-24-17(27(20)22)11-14-5-9-16(21)10-6-14/h3-10H,2,11-12,22H2,1H3. The number of aryl methyl sites for hydroxylation is 1. The van der Waals surface area contributed by atoms with Crippen molar-refractivity contribution in [2.45, 2.75) is 30.7 Å². The third kappa shape index (κ3) is 4.45. The van der Waals surface area contributed by atoms with Crippen LogP contribution in [0.25, 0.3) is 11.4 Å². The first-order chi connectivity index (χ1) is 14.1. The van der Waals surface area contributed by atoms with Crippen molar-refractivity contribution < 1.29 is 8.91 Å². The van der Waals surface area contributed by atoms with Gasteiger partial charge in [-0.05, 0) is 29.7 Å². The summed E-state index contributed by atoms with van der Waals surface area (Å²) in [6.45, 7) is 2.11. The van der Waals surface area contributed by atoms with Crippen LogP contribution in [0.1, 0.15) is 29.8 Å². The Kier molecular flexibility index (Phi) is 5.57. The van der Waals surface area contributed by atoms with Crippen LogP contribution in [0, 0.1) is 5.82 Å². The monoisotopic (exact) mass is 410 g/mol. The second-order valence-electron chi connectivity index (χ2n) is 6.42. The molecule has 7 nitrogen and oxygen atoms in total. The van der Waals surface area contributed by atoms with Gasteiger partial charge in [-0.25, -0.2) is 9.07 Å². The summed E-state index contributed by atoms with van der Waals surface area (Å²) in [4.78, 5) is 4.43. The van der Waals surface area contributed by atoms with E-state index in [-0.39, 0.29) is 5.82 Å². The number of hydrogen-bond acceptors (Lipinski definition) is 7. The molecule has 0 aliphatic carbocycles. The van der Waals surface area contributed by atoms with Crippen molar-refractivity contribution in [3.8, 4) is 11.4 Å². The molecule has 0 spiro atoms. The molecule has 0 saturated heterocycles. The molecule has 2 heterocycles. The van der Waals surface area contributed by atoms with Crippen LogP contribution in [0.2, 0.25) is 0 Å². The zero-order chi connectivity index (χ0) is 20.2. The summed E-state index contributed by atoms with van der Waals surface area (Å²) < 4.78 is 19.8. The Labute approximate surface area is 171 Å². The highest BCUT2D eigenvalue weighted by molar-refractivity contribution is 7.98. The van der Waals surface area contributed by atoms with E-state index in [1.54, 1.807) is 12.1 Å². The molecule has 2 N–H and O–H groups in total. The molecule has 0 unspecified atom stereocenters. The van der Waals surface area contributed by atoms with Crippen LogP contribution in [-0.4, -0.2) is 25.0 Å². The predicted octanol–water partition coefficient (Wildman–Crippen LogP) is 3.63. The number of halogens is 1. The maximum Gasteiger partial charge on any atom is 0.237 e. The Hall–Kier alpha value is -3.20. The first kappa shape index (κ1) is 19.1. The lowest BCUT2D eigenvalue weighted by Gasteiger charge is -2.03. The van der Waals surface area contributed by atoms with Crippen molar-refractivity contribution in [3.05, 3.63) is 77.2 Å². The molecule has 0 atom stereocenters. The van der Waals surface area contributed by atoms with Gasteiger partial charge in [0.2, 0.25) is 16.9 Å². The summed E-state index contributed by atoms with van der Waals surface area (Å²) in [7, 11) is 0. The average Bonchev–Trinajstić information content (AvgIpc) is 3.36. The lowest BCUT2D eigenvalue weighted by atomic mass is 10.1. The highest BCUT2D eigenvalue weighted by atomic mass is 32.2. The van der Waals surface area contributed by atoms with Gasteiger partial charge in [0, 0.05) is 12.0 Å². The van der Waals surface area contributed by atoms with Crippen molar-refractivity contribution in [1.29, 1.82) is 0 Å². The average molecular weight is 410 g/mol. The molecule has 0 fully saturated rings. The maximum atomic E-state index is 13.0. The van der Waals surface area contributed by atoms with Gasteiger partial charge < -0.3 is 10.4 Å². The van der Waals surface area contributed by atoms with Crippen LogP contribution in [0.15, 0.2) is 58.2 Å². The molecule has 0 radical (unpaired) electrons. The molecule has 0 aliphatic heterocycles. The number of nitrogens with zero attached hydrogens (tertiary/aromatic N) is 5. The van der Waals surface area contributed by atoms with E-state index in [1.165, 1.54) is 34.1 Å². The Morgan fingerprint density at radius 2 is 1.76 bits per heavy atom. The lowest BCUT2D eigenvalue weighted by molar-refractivity contribution is 0.391. The van der Waals surface area contributed by atoms with Gasteiger partial charge in [-0.15, -0.1) is 10.2 Å². The van der Waals surface area contributed by atoms with E-state index in [0.29, 0.717) is 34.9 Å². The first-order valence-corrected chi connectivity index (χ1v) is 10.1. The highest BCUT2D eigenvalue weighted by Gasteiger charge is 2.14. The van der Waals surface area contributed by atoms with Crippen molar-refractivity contribution in [2.24, 2.45) is 0 Å². The molecule has 148 valence electrons. The molecule has 4 aromatic rings. The molecule has 9 heteroatoms. The van der Waals surface area contributed by atoms with Crippen LogP contribution in [0.3, 0.4) is 0 Å². The zero-order valence-electron chi connectivity index (χ0n) is 15.7. The smallest absolute Gasteiger partial charge is 0.237 e. The SMILES string of the molecule is CCc1ccc(-c2noc(CSc3nnc(Cc4ccc(F)cc4)n3N)n2)cc1. The van der Waals surface area contributed by atoms with Gasteiger partial charge >= 0.3 is 0 Å². The van der Waals surface area contributed by atoms with Crippen LogP contribution in [0.5, 0.6) is 0 Å². The van der Waals surface area contributed by atoms with Crippen molar-refractivity contribution in [1.82, 2.24) is 25.0 Å². The predicted molar refractivity (Wildman–Crippen MR) is 108 cm³/mol. The first-order valence-electron chi connectivity index (χ1n) is 9.11. The quantitative estimate of drug-likeness (QED) is 0.367. The summed E-state index contributed by atoms with van der Waals surface area (Å²) >= 11 is 1.36. The molecule has 0 aliphatic rings. The van der Waals surface area contributed by atoms with Crippen LogP contribution in [0.4, 0.5) is 4.39 Å². The van der Waals surface area contributed by atoms with Gasteiger partial charge in [-0.2, -0.15) is 4.98 Å². The Morgan fingerprint density at radius 3 is 2.48 bits per heavy atom. The van der Waals surface area contributed by atoms with Gasteiger partial charge in [0.25, 0.3) is 0 Å². The van der Waals surface area contributed by atoms with E-state index < -0.39 is 0 Å². The van der Waals surface area contributed by atoms with Gasteiger partial charge in [-0.1, -0.05) is 60.2 Å². The summed E-state index contributed by atoms with van der Waals surface area (Å²) in [5.41, 5.74) is 3.07. The van der Waals surface area contributed by atoms with E-state index in [4.69, 9.17) is 10.4 Å². The second kappa shape index (κ2) is 8.44. The third-order valence-corrected chi connectivity index (χ3v) is 5.35. The molecule has 4 rings (SSSR count). The summed E-state index contributed by atoms with van der Waals surface area (Å²) in [5.74, 6) is 7.86. The maximum absolute atomic E-state index is 13.0. The highest BCUT2D eigenvalue weighted by Crippen LogP contribution is 2.23. The number of thioether (sulfide) groups is 1. The molecular formula is C20H19FN6OS. The fourth-order valence-corrected chi connectivity index (χ4v) is 3.47. The number of nitrogen functional groups attached to an aromatic ring is 1. The van der Waals surface area contributed by atoms with E-state index in [2.05, 4.69) is 39.4 Å². The van der Waals surface area contributed by atoms with E-state index >= 15 is 0 Å². The fraction of sp³-hybridized carbons (Fsp3) is 0.200. The molecule has 2 aromatic heterocycles. The normalized spacial score (nSPS) is 11.1. The minimum Gasteiger partial charge on any atom is -0.338 e. The Morgan fingerprint density at radius 1 is 1.03 bits per heavy atom. The van der Waals surface area contributed by atoms with Crippen LogP contribution in [-0.2, 0) is 18.6 Å². The number of aromatic nitrogens is 5.